The van der Waals surface area contributed by atoms with Crippen molar-refractivity contribution >= 4 is 5.69 Å². The highest BCUT2D eigenvalue weighted by Crippen LogP contribution is 2.30. The van der Waals surface area contributed by atoms with Crippen LogP contribution >= 0.6 is 0 Å². The van der Waals surface area contributed by atoms with E-state index in [-0.39, 0.29) is 5.82 Å². The Labute approximate surface area is 103 Å². The Bertz CT molecular complexity index is 389. The van der Waals surface area contributed by atoms with Gasteiger partial charge in [0.2, 0.25) is 0 Å². The van der Waals surface area contributed by atoms with Crippen LogP contribution in [0.25, 0.3) is 0 Å². The summed E-state index contributed by atoms with van der Waals surface area (Å²) in [6.45, 7) is 6.40. The molecule has 2 heteroatoms. The highest BCUT2D eigenvalue weighted by molar-refractivity contribution is 5.46. The molecular formula is C15H22FN. The minimum atomic E-state index is -0.119. The fraction of sp³-hybridized carbons (Fsp3) is 0.600. The fourth-order valence-corrected chi connectivity index (χ4v) is 2.78. The molecule has 0 amide bonds. The molecule has 0 aromatic heterocycles. The number of hydrogen-bond donors (Lipinski definition) is 1. The lowest BCUT2D eigenvalue weighted by molar-refractivity contribution is 0.276. The predicted octanol–water partition coefficient (Wildman–Crippen LogP) is 4.37. The van der Waals surface area contributed by atoms with E-state index in [0.29, 0.717) is 17.5 Å². The summed E-state index contributed by atoms with van der Waals surface area (Å²) in [6.07, 6.45) is 3.74. The zero-order chi connectivity index (χ0) is 12.4. The molecule has 1 N–H and O–H groups in total. The first-order valence-electron chi connectivity index (χ1n) is 6.59. The number of hydrogen-bond acceptors (Lipinski definition) is 1. The smallest absolute Gasteiger partial charge is 0.128 e. The van der Waals surface area contributed by atoms with Gasteiger partial charge in [0, 0.05) is 11.7 Å². The van der Waals surface area contributed by atoms with Crippen molar-refractivity contribution in [3.63, 3.8) is 0 Å². The van der Waals surface area contributed by atoms with Gasteiger partial charge in [0.25, 0.3) is 0 Å². The van der Waals surface area contributed by atoms with E-state index in [1.54, 1.807) is 13.0 Å². The first-order valence-corrected chi connectivity index (χ1v) is 6.59. The van der Waals surface area contributed by atoms with Gasteiger partial charge >= 0.3 is 0 Å². The second kappa shape index (κ2) is 5.07. The number of anilines is 1. The summed E-state index contributed by atoms with van der Waals surface area (Å²) >= 11 is 0. The molecule has 17 heavy (non-hydrogen) atoms. The molecule has 1 aromatic carbocycles. The molecule has 0 heterocycles. The maximum Gasteiger partial charge on any atom is 0.128 e. The lowest BCUT2D eigenvalue weighted by Gasteiger charge is -2.33. The summed E-state index contributed by atoms with van der Waals surface area (Å²) < 4.78 is 13.5. The number of aryl methyl sites for hydroxylation is 1. The molecule has 1 aromatic rings. The molecule has 1 fully saturated rings. The SMILES string of the molecule is Cc1ccc(NC2CCC(C)CC2C)cc1F. The van der Waals surface area contributed by atoms with Crippen molar-refractivity contribution in [1.82, 2.24) is 0 Å². The Morgan fingerprint density at radius 2 is 2.00 bits per heavy atom. The van der Waals surface area contributed by atoms with Gasteiger partial charge in [-0.15, -0.1) is 0 Å². The van der Waals surface area contributed by atoms with E-state index in [1.165, 1.54) is 19.3 Å². The largest absolute Gasteiger partial charge is 0.382 e. The third kappa shape index (κ3) is 2.99. The first kappa shape index (κ1) is 12.4. The van der Waals surface area contributed by atoms with Gasteiger partial charge < -0.3 is 5.32 Å². The Kier molecular flexibility index (Phi) is 3.70. The Morgan fingerprint density at radius 1 is 1.24 bits per heavy atom. The van der Waals surface area contributed by atoms with Gasteiger partial charge in [0.15, 0.2) is 0 Å². The molecule has 0 bridgehead atoms. The van der Waals surface area contributed by atoms with Crippen molar-refractivity contribution in [3.05, 3.63) is 29.6 Å². The van der Waals surface area contributed by atoms with E-state index in [4.69, 9.17) is 0 Å². The molecule has 1 nitrogen and oxygen atoms in total. The van der Waals surface area contributed by atoms with Crippen molar-refractivity contribution in [2.45, 2.75) is 46.1 Å². The van der Waals surface area contributed by atoms with Crippen molar-refractivity contribution in [2.75, 3.05) is 5.32 Å². The van der Waals surface area contributed by atoms with Crippen LogP contribution in [0.15, 0.2) is 18.2 Å². The van der Waals surface area contributed by atoms with Crippen molar-refractivity contribution in [1.29, 1.82) is 0 Å². The first-order chi connectivity index (χ1) is 8.06. The van der Waals surface area contributed by atoms with Gasteiger partial charge in [-0.1, -0.05) is 19.9 Å². The Hall–Kier alpha value is -1.05. The number of halogens is 1. The summed E-state index contributed by atoms with van der Waals surface area (Å²) in [5.74, 6) is 1.38. The molecule has 2 rings (SSSR count). The third-order valence-corrected chi connectivity index (χ3v) is 3.96. The minimum absolute atomic E-state index is 0.119. The van der Waals surface area contributed by atoms with E-state index >= 15 is 0 Å². The van der Waals surface area contributed by atoms with Crippen LogP contribution in [0.3, 0.4) is 0 Å². The van der Waals surface area contributed by atoms with E-state index in [1.807, 2.05) is 12.1 Å². The van der Waals surface area contributed by atoms with Crippen LogP contribution in [0.2, 0.25) is 0 Å². The molecular weight excluding hydrogens is 213 g/mol. The maximum absolute atomic E-state index is 13.5. The van der Waals surface area contributed by atoms with Gasteiger partial charge in [-0.2, -0.15) is 0 Å². The number of benzene rings is 1. The van der Waals surface area contributed by atoms with Gasteiger partial charge in [-0.05, 0) is 55.7 Å². The Morgan fingerprint density at radius 3 is 2.65 bits per heavy atom. The summed E-state index contributed by atoms with van der Waals surface area (Å²) in [4.78, 5) is 0. The van der Waals surface area contributed by atoms with Gasteiger partial charge in [-0.3, -0.25) is 0 Å². The average Bonchev–Trinajstić information content (AvgIpc) is 2.27. The second-order valence-corrected chi connectivity index (χ2v) is 5.61. The van der Waals surface area contributed by atoms with Crippen LogP contribution in [0.4, 0.5) is 10.1 Å². The van der Waals surface area contributed by atoms with Gasteiger partial charge in [-0.25, -0.2) is 4.39 Å². The quantitative estimate of drug-likeness (QED) is 0.802. The summed E-state index contributed by atoms with van der Waals surface area (Å²) in [5, 5.41) is 3.48. The lowest BCUT2D eigenvalue weighted by Crippen LogP contribution is -2.33. The summed E-state index contributed by atoms with van der Waals surface area (Å²) in [6, 6.07) is 5.92. The minimum Gasteiger partial charge on any atom is -0.382 e. The molecule has 3 unspecified atom stereocenters. The van der Waals surface area contributed by atoms with Crippen LogP contribution in [-0.4, -0.2) is 6.04 Å². The highest BCUT2D eigenvalue weighted by Gasteiger charge is 2.25. The molecule has 1 saturated carbocycles. The Balaban J connectivity index is 2.02. The van der Waals surface area contributed by atoms with E-state index in [0.717, 1.165) is 11.6 Å². The zero-order valence-electron chi connectivity index (χ0n) is 11.0. The maximum atomic E-state index is 13.5. The van der Waals surface area contributed by atoms with E-state index in [9.17, 15) is 4.39 Å². The fourth-order valence-electron chi connectivity index (χ4n) is 2.78. The molecule has 1 aliphatic rings. The van der Waals surface area contributed by atoms with Crippen molar-refractivity contribution in [2.24, 2.45) is 11.8 Å². The molecule has 3 atom stereocenters. The highest BCUT2D eigenvalue weighted by atomic mass is 19.1. The van der Waals surface area contributed by atoms with Gasteiger partial charge in [0.05, 0.1) is 0 Å². The zero-order valence-corrected chi connectivity index (χ0v) is 11.0. The van der Waals surface area contributed by atoms with Gasteiger partial charge in [0.1, 0.15) is 5.82 Å². The number of nitrogens with one attached hydrogen (secondary N) is 1. The second-order valence-electron chi connectivity index (χ2n) is 5.61. The van der Waals surface area contributed by atoms with E-state index < -0.39 is 0 Å². The molecule has 1 aliphatic carbocycles. The van der Waals surface area contributed by atoms with Crippen LogP contribution in [0.1, 0.15) is 38.7 Å². The normalized spacial score (nSPS) is 29.1. The average molecular weight is 235 g/mol. The lowest BCUT2D eigenvalue weighted by atomic mass is 9.80. The molecule has 94 valence electrons. The number of rotatable bonds is 2. The van der Waals surface area contributed by atoms with E-state index in [2.05, 4.69) is 19.2 Å². The molecule has 0 saturated heterocycles. The van der Waals surface area contributed by atoms with Crippen LogP contribution in [0, 0.1) is 24.6 Å². The summed E-state index contributed by atoms with van der Waals surface area (Å²) in [7, 11) is 0. The monoisotopic (exact) mass is 235 g/mol. The topological polar surface area (TPSA) is 12.0 Å². The standard InChI is InChI=1S/C15H22FN/c1-10-4-7-15(12(3)8-10)17-13-6-5-11(2)14(16)9-13/h5-6,9-10,12,15,17H,4,7-8H2,1-3H3. The summed E-state index contributed by atoms with van der Waals surface area (Å²) in [5.41, 5.74) is 1.63. The van der Waals surface area contributed by atoms with Crippen LogP contribution in [-0.2, 0) is 0 Å². The molecule has 0 radical (unpaired) electrons. The van der Waals surface area contributed by atoms with Crippen molar-refractivity contribution < 1.29 is 4.39 Å². The molecule has 0 spiro atoms. The predicted molar refractivity (Wildman–Crippen MR) is 70.7 cm³/mol. The molecule has 0 aliphatic heterocycles. The van der Waals surface area contributed by atoms with Crippen LogP contribution < -0.4 is 5.32 Å². The third-order valence-electron chi connectivity index (χ3n) is 3.96. The van der Waals surface area contributed by atoms with Crippen molar-refractivity contribution in [3.8, 4) is 0 Å². The van der Waals surface area contributed by atoms with Crippen LogP contribution in [0.5, 0.6) is 0 Å².